The van der Waals surface area contributed by atoms with Gasteiger partial charge < -0.3 is 10.2 Å². The molecule has 0 saturated carbocycles. The molecule has 0 aromatic heterocycles. The summed E-state index contributed by atoms with van der Waals surface area (Å²) in [5.74, 6) is 0.236. The van der Waals surface area contributed by atoms with Gasteiger partial charge in [0.15, 0.2) is 0 Å². The molecular weight excluding hydrogens is 224 g/mol. The maximum Gasteiger partial charge on any atom is 0.115 e. The lowest BCUT2D eigenvalue weighted by molar-refractivity contribution is 0.178. The van der Waals surface area contributed by atoms with Crippen molar-refractivity contribution in [2.24, 2.45) is 0 Å². The van der Waals surface area contributed by atoms with Crippen LogP contribution in [0.25, 0.3) is 0 Å². The van der Waals surface area contributed by atoms with Gasteiger partial charge in [-0.15, -0.1) is 0 Å². The Kier molecular flexibility index (Phi) is 3.68. The highest BCUT2D eigenvalue weighted by Gasteiger charge is 2.09. The van der Waals surface area contributed by atoms with Gasteiger partial charge in [0.1, 0.15) is 5.75 Å². The van der Waals surface area contributed by atoms with Crippen LogP contribution in [0.5, 0.6) is 5.75 Å². The standard InChI is InChI=1S/C16H18O2/c1-11-6-12(2)8-14(7-11)16(18)10-13-4-3-5-15(17)9-13/h3-9,16-18H,10H2,1-2H3. The summed E-state index contributed by atoms with van der Waals surface area (Å²) >= 11 is 0. The van der Waals surface area contributed by atoms with E-state index in [1.54, 1.807) is 18.2 Å². The molecule has 18 heavy (non-hydrogen) atoms. The molecule has 2 nitrogen and oxygen atoms in total. The minimum absolute atomic E-state index is 0.236. The molecule has 0 saturated heterocycles. The fourth-order valence-electron chi connectivity index (χ4n) is 2.23. The molecule has 0 spiro atoms. The van der Waals surface area contributed by atoms with Crippen LogP contribution in [-0.2, 0) is 6.42 Å². The first-order valence-electron chi connectivity index (χ1n) is 6.09. The maximum absolute atomic E-state index is 10.2. The second-order valence-electron chi connectivity index (χ2n) is 4.81. The van der Waals surface area contributed by atoms with Crippen LogP contribution in [0.3, 0.4) is 0 Å². The minimum Gasteiger partial charge on any atom is -0.508 e. The van der Waals surface area contributed by atoms with Crippen molar-refractivity contribution < 1.29 is 10.2 Å². The smallest absolute Gasteiger partial charge is 0.115 e. The number of benzene rings is 2. The van der Waals surface area contributed by atoms with Crippen molar-refractivity contribution in [2.75, 3.05) is 0 Å². The Morgan fingerprint density at radius 1 is 1.00 bits per heavy atom. The fraction of sp³-hybridized carbons (Fsp3) is 0.250. The van der Waals surface area contributed by atoms with E-state index < -0.39 is 6.10 Å². The first-order valence-corrected chi connectivity index (χ1v) is 6.09. The number of aliphatic hydroxyl groups excluding tert-OH is 1. The fourth-order valence-corrected chi connectivity index (χ4v) is 2.23. The number of aryl methyl sites for hydroxylation is 2. The molecule has 0 heterocycles. The Balaban J connectivity index is 2.19. The van der Waals surface area contributed by atoms with Gasteiger partial charge in [0.05, 0.1) is 6.10 Å². The van der Waals surface area contributed by atoms with Gasteiger partial charge in [-0.05, 0) is 37.1 Å². The number of aliphatic hydroxyl groups is 1. The predicted octanol–water partition coefficient (Wildman–Crippen LogP) is 3.29. The summed E-state index contributed by atoms with van der Waals surface area (Å²) in [6.45, 7) is 4.05. The molecule has 0 fully saturated rings. The molecule has 0 aliphatic heterocycles. The molecule has 2 rings (SSSR count). The Morgan fingerprint density at radius 2 is 1.67 bits per heavy atom. The molecule has 0 bridgehead atoms. The molecule has 0 aliphatic carbocycles. The average Bonchev–Trinajstić information content (AvgIpc) is 2.27. The van der Waals surface area contributed by atoms with Crippen molar-refractivity contribution >= 4 is 0 Å². The molecule has 0 amide bonds. The lowest BCUT2D eigenvalue weighted by atomic mass is 9.98. The van der Waals surface area contributed by atoms with Crippen molar-refractivity contribution in [1.29, 1.82) is 0 Å². The number of hydrogen-bond donors (Lipinski definition) is 2. The summed E-state index contributed by atoms with van der Waals surface area (Å²) in [4.78, 5) is 0. The van der Waals surface area contributed by atoms with Crippen LogP contribution in [0.15, 0.2) is 42.5 Å². The van der Waals surface area contributed by atoms with E-state index in [0.29, 0.717) is 6.42 Å². The van der Waals surface area contributed by atoms with Gasteiger partial charge in [0.25, 0.3) is 0 Å². The van der Waals surface area contributed by atoms with Crippen molar-refractivity contribution in [2.45, 2.75) is 26.4 Å². The number of phenolic OH excluding ortho intramolecular Hbond substituents is 1. The van der Waals surface area contributed by atoms with E-state index in [1.165, 1.54) is 0 Å². The average molecular weight is 242 g/mol. The normalized spacial score (nSPS) is 12.4. The van der Waals surface area contributed by atoms with E-state index in [9.17, 15) is 10.2 Å². The Labute approximate surface area is 108 Å². The van der Waals surface area contributed by atoms with Crippen LogP contribution in [0.1, 0.15) is 28.4 Å². The summed E-state index contributed by atoms with van der Waals surface area (Å²) in [6, 6.07) is 13.1. The molecule has 2 N–H and O–H groups in total. The first-order chi connectivity index (χ1) is 8.54. The number of hydrogen-bond acceptors (Lipinski definition) is 2. The SMILES string of the molecule is Cc1cc(C)cc(C(O)Cc2cccc(O)c2)c1. The molecule has 0 aliphatic rings. The highest BCUT2D eigenvalue weighted by atomic mass is 16.3. The third-order valence-corrected chi connectivity index (χ3v) is 2.97. The number of phenols is 1. The zero-order chi connectivity index (χ0) is 13.1. The molecule has 2 aromatic carbocycles. The van der Waals surface area contributed by atoms with Crippen molar-refractivity contribution in [3.8, 4) is 5.75 Å². The predicted molar refractivity (Wildman–Crippen MR) is 72.7 cm³/mol. The largest absolute Gasteiger partial charge is 0.508 e. The topological polar surface area (TPSA) is 40.5 Å². The van der Waals surface area contributed by atoms with Gasteiger partial charge in [0, 0.05) is 6.42 Å². The second-order valence-corrected chi connectivity index (χ2v) is 4.81. The van der Waals surface area contributed by atoms with Crippen LogP contribution < -0.4 is 0 Å². The molecular formula is C16H18O2. The van der Waals surface area contributed by atoms with E-state index in [4.69, 9.17) is 0 Å². The molecule has 2 heteroatoms. The molecule has 1 atom stereocenters. The van der Waals surface area contributed by atoms with Crippen LogP contribution in [-0.4, -0.2) is 10.2 Å². The van der Waals surface area contributed by atoms with Gasteiger partial charge in [-0.1, -0.05) is 41.5 Å². The third kappa shape index (κ3) is 3.11. The second kappa shape index (κ2) is 5.23. The van der Waals surface area contributed by atoms with E-state index in [-0.39, 0.29) is 5.75 Å². The molecule has 2 aromatic rings. The quantitative estimate of drug-likeness (QED) is 0.867. The zero-order valence-electron chi connectivity index (χ0n) is 10.7. The Hall–Kier alpha value is -1.80. The summed E-state index contributed by atoms with van der Waals surface area (Å²) in [5.41, 5.74) is 4.16. The Morgan fingerprint density at radius 3 is 2.28 bits per heavy atom. The van der Waals surface area contributed by atoms with Gasteiger partial charge in [-0.2, -0.15) is 0 Å². The first kappa shape index (κ1) is 12.7. The van der Waals surface area contributed by atoms with E-state index >= 15 is 0 Å². The van der Waals surface area contributed by atoms with Gasteiger partial charge in [-0.25, -0.2) is 0 Å². The van der Waals surface area contributed by atoms with Crippen LogP contribution in [0.2, 0.25) is 0 Å². The van der Waals surface area contributed by atoms with Crippen molar-refractivity contribution in [3.63, 3.8) is 0 Å². The minimum atomic E-state index is -0.537. The lowest BCUT2D eigenvalue weighted by Crippen LogP contribution is -2.02. The maximum atomic E-state index is 10.2. The molecule has 1 unspecified atom stereocenters. The van der Waals surface area contributed by atoms with Gasteiger partial charge in [-0.3, -0.25) is 0 Å². The number of rotatable bonds is 3. The molecule has 94 valence electrons. The lowest BCUT2D eigenvalue weighted by Gasteiger charge is -2.13. The van der Waals surface area contributed by atoms with E-state index in [1.807, 2.05) is 32.0 Å². The summed E-state index contributed by atoms with van der Waals surface area (Å²) in [5, 5.41) is 19.6. The summed E-state index contributed by atoms with van der Waals surface area (Å²) in [7, 11) is 0. The Bertz CT molecular complexity index is 526. The van der Waals surface area contributed by atoms with E-state index in [0.717, 1.165) is 22.3 Å². The summed E-state index contributed by atoms with van der Waals surface area (Å²) < 4.78 is 0. The van der Waals surface area contributed by atoms with Crippen LogP contribution in [0, 0.1) is 13.8 Å². The van der Waals surface area contributed by atoms with Crippen molar-refractivity contribution in [3.05, 3.63) is 64.7 Å². The molecule has 0 radical (unpaired) electrons. The monoisotopic (exact) mass is 242 g/mol. The summed E-state index contributed by atoms with van der Waals surface area (Å²) in [6.07, 6.45) is -0.0255. The van der Waals surface area contributed by atoms with Crippen LogP contribution >= 0.6 is 0 Å². The highest BCUT2D eigenvalue weighted by molar-refractivity contribution is 5.32. The van der Waals surface area contributed by atoms with Gasteiger partial charge >= 0.3 is 0 Å². The third-order valence-electron chi connectivity index (χ3n) is 2.97. The number of aromatic hydroxyl groups is 1. The van der Waals surface area contributed by atoms with Gasteiger partial charge in [0.2, 0.25) is 0 Å². The highest BCUT2D eigenvalue weighted by Crippen LogP contribution is 2.22. The zero-order valence-corrected chi connectivity index (χ0v) is 10.7. The van der Waals surface area contributed by atoms with Crippen LogP contribution in [0.4, 0.5) is 0 Å². The van der Waals surface area contributed by atoms with Crippen molar-refractivity contribution in [1.82, 2.24) is 0 Å². The van der Waals surface area contributed by atoms with E-state index in [2.05, 4.69) is 6.07 Å².